The lowest BCUT2D eigenvalue weighted by Gasteiger charge is -2.17. The van der Waals surface area contributed by atoms with Crippen molar-refractivity contribution >= 4 is 5.78 Å². The van der Waals surface area contributed by atoms with Crippen LogP contribution >= 0.6 is 0 Å². The molecule has 0 unspecified atom stereocenters. The number of hydrogen-bond donors (Lipinski definition) is 0. The zero-order valence-electron chi connectivity index (χ0n) is 11.1. The van der Waals surface area contributed by atoms with E-state index < -0.39 is 0 Å². The molecule has 0 saturated carbocycles. The number of Topliss-reactive ketones (excluding diaryl/α,β-unsaturated/α-hetero) is 1. The van der Waals surface area contributed by atoms with Crippen molar-refractivity contribution in [2.24, 2.45) is 0 Å². The molecule has 2 aromatic carbocycles. The van der Waals surface area contributed by atoms with Crippen LogP contribution in [-0.4, -0.2) is 12.4 Å². The maximum absolute atomic E-state index is 13.6. The average molecular weight is 270 g/mol. The summed E-state index contributed by atoms with van der Waals surface area (Å²) in [6.07, 6.45) is 1.99. The van der Waals surface area contributed by atoms with Crippen LogP contribution in [0.15, 0.2) is 42.5 Å². The summed E-state index contributed by atoms with van der Waals surface area (Å²) < 4.78 is 19.1. The number of hydrogen-bond acceptors (Lipinski definition) is 2. The maximum Gasteiger partial charge on any atom is 0.167 e. The minimum atomic E-state index is -0.331. The van der Waals surface area contributed by atoms with Gasteiger partial charge in [0.1, 0.15) is 11.6 Å². The summed E-state index contributed by atoms with van der Waals surface area (Å²) in [6.45, 7) is 0.732. The van der Waals surface area contributed by atoms with Crippen LogP contribution in [0.3, 0.4) is 0 Å². The predicted octanol–water partition coefficient (Wildman–Crippen LogP) is 3.58. The molecule has 20 heavy (non-hydrogen) atoms. The highest BCUT2D eigenvalue weighted by atomic mass is 19.1. The van der Waals surface area contributed by atoms with Crippen LogP contribution in [0.25, 0.3) is 0 Å². The van der Waals surface area contributed by atoms with E-state index in [9.17, 15) is 9.18 Å². The number of ketones is 1. The SMILES string of the molecule is O=C(Cc1ccccc1F)c1ccc2c(c1)CCCO2. The van der Waals surface area contributed by atoms with Crippen LogP contribution in [0.4, 0.5) is 4.39 Å². The molecule has 0 radical (unpaired) electrons. The molecule has 0 atom stereocenters. The first-order chi connectivity index (χ1) is 9.74. The van der Waals surface area contributed by atoms with Crippen LogP contribution in [-0.2, 0) is 12.8 Å². The molecule has 1 aliphatic rings. The summed E-state index contributed by atoms with van der Waals surface area (Å²) in [5.74, 6) is 0.462. The van der Waals surface area contributed by atoms with Gasteiger partial charge in [0.25, 0.3) is 0 Å². The Labute approximate surface area is 117 Å². The fraction of sp³-hybridized carbons (Fsp3) is 0.235. The van der Waals surface area contributed by atoms with Gasteiger partial charge in [0.05, 0.1) is 6.61 Å². The minimum absolute atomic E-state index is 0.0662. The first-order valence-corrected chi connectivity index (χ1v) is 6.76. The molecule has 0 N–H and O–H groups in total. The van der Waals surface area contributed by atoms with Crippen molar-refractivity contribution in [2.45, 2.75) is 19.3 Å². The quantitative estimate of drug-likeness (QED) is 0.797. The highest BCUT2D eigenvalue weighted by molar-refractivity contribution is 5.97. The van der Waals surface area contributed by atoms with Gasteiger partial charge >= 0.3 is 0 Å². The first-order valence-electron chi connectivity index (χ1n) is 6.76. The molecule has 1 heterocycles. The molecule has 102 valence electrons. The summed E-state index contributed by atoms with van der Waals surface area (Å²) in [6, 6.07) is 11.9. The zero-order chi connectivity index (χ0) is 13.9. The van der Waals surface area contributed by atoms with E-state index in [1.54, 1.807) is 24.3 Å². The Morgan fingerprint density at radius 2 is 2.05 bits per heavy atom. The van der Waals surface area contributed by atoms with Crippen molar-refractivity contribution in [3.63, 3.8) is 0 Å². The third kappa shape index (κ3) is 2.57. The number of benzene rings is 2. The Morgan fingerprint density at radius 3 is 2.90 bits per heavy atom. The summed E-state index contributed by atoms with van der Waals surface area (Å²) in [5.41, 5.74) is 2.12. The van der Waals surface area contributed by atoms with Crippen LogP contribution in [0, 0.1) is 5.82 Å². The molecule has 2 nitrogen and oxygen atoms in total. The van der Waals surface area contributed by atoms with E-state index in [0.29, 0.717) is 11.1 Å². The molecule has 3 rings (SSSR count). The van der Waals surface area contributed by atoms with Gasteiger partial charge in [0, 0.05) is 12.0 Å². The number of carbonyl (C=O) groups is 1. The molecule has 0 amide bonds. The molecular weight excluding hydrogens is 255 g/mol. The lowest BCUT2D eigenvalue weighted by atomic mass is 9.98. The minimum Gasteiger partial charge on any atom is -0.493 e. The number of fused-ring (bicyclic) bond motifs is 1. The molecule has 0 saturated heterocycles. The van der Waals surface area contributed by atoms with Crippen LogP contribution < -0.4 is 4.74 Å². The molecule has 3 heteroatoms. The van der Waals surface area contributed by atoms with Crippen molar-refractivity contribution in [2.75, 3.05) is 6.61 Å². The smallest absolute Gasteiger partial charge is 0.167 e. The maximum atomic E-state index is 13.6. The molecule has 0 aliphatic carbocycles. The fourth-order valence-corrected chi connectivity index (χ4v) is 2.45. The number of rotatable bonds is 3. The Morgan fingerprint density at radius 1 is 1.20 bits per heavy atom. The second-order valence-electron chi connectivity index (χ2n) is 4.97. The van der Waals surface area contributed by atoms with Gasteiger partial charge in [-0.05, 0) is 48.2 Å². The van der Waals surface area contributed by atoms with Gasteiger partial charge in [-0.15, -0.1) is 0 Å². The second-order valence-corrected chi connectivity index (χ2v) is 4.97. The lowest BCUT2D eigenvalue weighted by molar-refractivity contribution is 0.0991. The van der Waals surface area contributed by atoms with Crippen molar-refractivity contribution < 1.29 is 13.9 Å². The molecule has 2 aromatic rings. The number of ether oxygens (including phenoxy) is 1. The topological polar surface area (TPSA) is 26.3 Å². The van der Waals surface area contributed by atoms with Gasteiger partial charge in [-0.2, -0.15) is 0 Å². The molecule has 0 fully saturated rings. The van der Waals surface area contributed by atoms with Gasteiger partial charge in [-0.3, -0.25) is 4.79 Å². The van der Waals surface area contributed by atoms with E-state index >= 15 is 0 Å². The van der Waals surface area contributed by atoms with Crippen molar-refractivity contribution in [1.82, 2.24) is 0 Å². The van der Waals surface area contributed by atoms with Gasteiger partial charge in [-0.25, -0.2) is 4.39 Å². The lowest BCUT2D eigenvalue weighted by Crippen LogP contribution is -2.11. The molecule has 0 aromatic heterocycles. The van der Waals surface area contributed by atoms with Gasteiger partial charge in [0.2, 0.25) is 0 Å². The van der Waals surface area contributed by atoms with Crippen LogP contribution in [0.5, 0.6) is 5.75 Å². The van der Waals surface area contributed by atoms with E-state index in [4.69, 9.17) is 4.74 Å². The monoisotopic (exact) mass is 270 g/mol. The fourth-order valence-electron chi connectivity index (χ4n) is 2.45. The summed E-state index contributed by atoms with van der Waals surface area (Å²) in [5, 5.41) is 0. The standard InChI is InChI=1S/C17H15FO2/c18-15-6-2-1-4-12(15)11-16(19)13-7-8-17-14(10-13)5-3-9-20-17/h1-2,4,6-8,10H,3,5,9,11H2. The molecule has 0 spiro atoms. The van der Waals surface area contributed by atoms with Crippen LogP contribution in [0.1, 0.15) is 27.9 Å². The third-order valence-corrected chi connectivity index (χ3v) is 3.54. The summed E-state index contributed by atoms with van der Waals surface area (Å²) >= 11 is 0. The Kier molecular flexibility index (Phi) is 3.50. The highest BCUT2D eigenvalue weighted by Crippen LogP contribution is 2.26. The van der Waals surface area contributed by atoms with E-state index in [2.05, 4.69) is 0 Å². The largest absolute Gasteiger partial charge is 0.493 e. The summed E-state index contributed by atoms with van der Waals surface area (Å²) in [7, 11) is 0. The third-order valence-electron chi connectivity index (χ3n) is 3.54. The number of halogens is 1. The Hall–Kier alpha value is -2.16. The zero-order valence-corrected chi connectivity index (χ0v) is 11.1. The Balaban J connectivity index is 1.82. The van der Waals surface area contributed by atoms with E-state index in [1.165, 1.54) is 6.07 Å². The van der Waals surface area contributed by atoms with E-state index in [-0.39, 0.29) is 18.0 Å². The first kappa shape index (κ1) is 12.9. The van der Waals surface area contributed by atoms with Crippen molar-refractivity contribution in [1.29, 1.82) is 0 Å². The number of carbonyl (C=O) groups excluding carboxylic acids is 1. The van der Waals surface area contributed by atoms with Gasteiger partial charge < -0.3 is 4.74 Å². The van der Waals surface area contributed by atoms with Gasteiger partial charge in [-0.1, -0.05) is 18.2 Å². The Bertz CT molecular complexity index is 649. The van der Waals surface area contributed by atoms with Crippen LogP contribution in [0.2, 0.25) is 0 Å². The van der Waals surface area contributed by atoms with E-state index in [0.717, 1.165) is 30.8 Å². The summed E-state index contributed by atoms with van der Waals surface area (Å²) in [4.78, 5) is 12.2. The van der Waals surface area contributed by atoms with Crippen molar-refractivity contribution in [3.8, 4) is 5.75 Å². The average Bonchev–Trinajstić information content (AvgIpc) is 2.49. The highest BCUT2D eigenvalue weighted by Gasteiger charge is 2.15. The van der Waals surface area contributed by atoms with Gasteiger partial charge in [0.15, 0.2) is 5.78 Å². The molecular formula is C17H15FO2. The van der Waals surface area contributed by atoms with E-state index in [1.807, 2.05) is 12.1 Å². The normalized spacial score (nSPS) is 13.4. The second kappa shape index (κ2) is 5.45. The number of aryl methyl sites for hydroxylation is 1. The van der Waals surface area contributed by atoms with Crippen molar-refractivity contribution in [3.05, 3.63) is 65.0 Å². The molecule has 0 bridgehead atoms. The molecule has 1 aliphatic heterocycles. The predicted molar refractivity (Wildman–Crippen MR) is 74.7 cm³/mol.